The van der Waals surface area contributed by atoms with Gasteiger partial charge in [-0.25, -0.2) is 4.79 Å². The monoisotopic (exact) mass is 213 g/mol. The van der Waals surface area contributed by atoms with E-state index in [1.165, 1.54) is 0 Å². The summed E-state index contributed by atoms with van der Waals surface area (Å²) in [5.74, 6) is 0.534. The van der Waals surface area contributed by atoms with Crippen molar-refractivity contribution in [2.75, 3.05) is 19.7 Å². The summed E-state index contributed by atoms with van der Waals surface area (Å²) in [7, 11) is 0. The molecule has 0 spiro atoms. The minimum Gasteiger partial charge on any atom is -0.444 e. The number of piperidine rings is 1. The van der Waals surface area contributed by atoms with Gasteiger partial charge in [0.15, 0.2) is 0 Å². The van der Waals surface area contributed by atoms with Gasteiger partial charge in [-0.05, 0) is 27.2 Å². The highest BCUT2D eigenvalue weighted by atomic mass is 16.6. The van der Waals surface area contributed by atoms with Gasteiger partial charge in [0.2, 0.25) is 0 Å². The predicted octanol–water partition coefficient (Wildman–Crippen LogP) is 1.64. The van der Waals surface area contributed by atoms with Crippen LogP contribution in [0.5, 0.6) is 0 Å². The lowest BCUT2D eigenvalue weighted by Gasteiger charge is -2.45. The summed E-state index contributed by atoms with van der Waals surface area (Å²) in [6.45, 7) is 8.03. The van der Waals surface area contributed by atoms with Gasteiger partial charge in [-0.1, -0.05) is 0 Å². The molecule has 0 aromatic heterocycles. The lowest BCUT2D eigenvalue weighted by Crippen LogP contribution is -2.55. The summed E-state index contributed by atoms with van der Waals surface area (Å²) in [5, 5.41) is 0. The highest BCUT2D eigenvalue weighted by Crippen LogP contribution is 2.29. The molecule has 2 saturated heterocycles. The number of hydrogen-bond acceptors (Lipinski definition) is 3. The smallest absolute Gasteiger partial charge is 0.410 e. The second-order valence-corrected chi connectivity index (χ2v) is 5.35. The number of fused-ring (bicyclic) bond motifs is 1. The van der Waals surface area contributed by atoms with Crippen molar-refractivity contribution in [1.82, 2.24) is 4.90 Å². The zero-order chi connectivity index (χ0) is 11.1. The van der Waals surface area contributed by atoms with Crippen LogP contribution >= 0.6 is 0 Å². The van der Waals surface area contributed by atoms with Crippen molar-refractivity contribution >= 4 is 6.09 Å². The van der Waals surface area contributed by atoms with Crippen LogP contribution in [0.3, 0.4) is 0 Å². The Balaban J connectivity index is 1.86. The molecular formula is C11H19NO3. The van der Waals surface area contributed by atoms with Gasteiger partial charge in [0, 0.05) is 19.0 Å². The van der Waals surface area contributed by atoms with Gasteiger partial charge in [-0.2, -0.15) is 0 Å². The van der Waals surface area contributed by atoms with Gasteiger partial charge in [0.1, 0.15) is 5.60 Å². The maximum absolute atomic E-state index is 11.8. The molecule has 0 unspecified atom stereocenters. The lowest BCUT2D eigenvalue weighted by molar-refractivity contribution is -0.146. The number of nitrogens with zero attached hydrogens (tertiary/aromatic N) is 1. The van der Waals surface area contributed by atoms with E-state index in [-0.39, 0.29) is 6.09 Å². The molecule has 86 valence electrons. The summed E-state index contributed by atoms with van der Waals surface area (Å²) in [6, 6.07) is 0. The molecular weight excluding hydrogens is 194 g/mol. The van der Waals surface area contributed by atoms with E-state index in [1.807, 2.05) is 20.8 Å². The number of carbonyl (C=O) groups is 1. The maximum Gasteiger partial charge on any atom is 0.410 e. The normalized spacial score (nSPS) is 30.5. The van der Waals surface area contributed by atoms with Gasteiger partial charge >= 0.3 is 6.09 Å². The minimum absolute atomic E-state index is 0.187. The number of likely N-dealkylation sites (tertiary alicyclic amines) is 1. The lowest BCUT2D eigenvalue weighted by atomic mass is 9.91. The highest BCUT2D eigenvalue weighted by molar-refractivity contribution is 5.68. The Labute approximate surface area is 90.5 Å². The van der Waals surface area contributed by atoms with E-state index in [0.717, 1.165) is 26.1 Å². The molecule has 15 heavy (non-hydrogen) atoms. The van der Waals surface area contributed by atoms with Crippen molar-refractivity contribution < 1.29 is 14.3 Å². The summed E-state index contributed by atoms with van der Waals surface area (Å²) < 4.78 is 10.7. The first-order valence-corrected chi connectivity index (χ1v) is 5.55. The molecule has 2 heterocycles. The maximum atomic E-state index is 11.8. The SMILES string of the molecule is CC(C)(C)OC(=O)N1CC[C@H]2OC[C@@H]2C1. The summed E-state index contributed by atoms with van der Waals surface area (Å²) in [6.07, 6.45) is 1.15. The molecule has 2 atom stereocenters. The Bertz CT molecular complexity index is 259. The standard InChI is InChI=1S/C11H19NO3/c1-11(2,3)15-10(13)12-5-4-9-8(6-12)7-14-9/h8-9H,4-7H2,1-3H3/t8-,9+/m0/s1. The third-order valence-corrected chi connectivity index (χ3v) is 2.84. The molecule has 4 heteroatoms. The second-order valence-electron chi connectivity index (χ2n) is 5.35. The fraction of sp³-hybridized carbons (Fsp3) is 0.909. The first-order chi connectivity index (χ1) is 6.96. The van der Waals surface area contributed by atoms with Crippen LogP contribution in [-0.4, -0.2) is 42.4 Å². The van der Waals surface area contributed by atoms with Crippen molar-refractivity contribution in [3.05, 3.63) is 0 Å². The van der Waals surface area contributed by atoms with Crippen LogP contribution in [-0.2, 0) is 9.47 Å². The summed E-state index contributed by atoms with van der Waals surface area (Å²) >= 11 is 0. The van der Waals surface area contributed by atoms with Crippen molar-refractivity contribution in [3.63, 3.8) is 0 Å². The summed E-state index contributed by atoms with van der Waals surface area (Å²) in [5.41, 5.74) is -0.399. The van der Waals surface area contributed by atoms with Crippen LogP contribution in [0, 0.1) is 5.92 Å². The van der Waals surface area contributed by atoms with E-state index < -0.39 is 5.60 Å². The van der Waals surface area contributed by atoms with Crippen molar-refractivity contribution in [3.8, 4) is 0 Å². The molecule has 0 bridgehead atoms. The van der Waals surface area contributed by atoms with Gasteiger partial charge in [-0.3, -0.25) is 0 Å². The van der Waals surface area contributed by atoms with Crippen LogP contribution in [0.15, 0.2) is 0 Å². The topological polar surface area (TPSA) is 38.8 Å². The molecule has 4 nitrogen and oxygen atoms in total. The van der Waals surface area contributed by atoms with E-state index in [9.17, 15) is 4.79 Å². The quantitative estimate of drug-likeness (QED) is 0.614. The highest BCUT2D eigenvalue weighted by Gasteiger charge is 2.39. The zero-order valence-corrected chi connectivity index (χ0v) is 9.66. The molecule has 2 rings (SSSR count). The molecule has 0 aliphatic carbocycles. The van der Waals surface area contributed by atoms with Crippen molar-refractivity contribution in [2.24, 2.45) is 5.92 Å². The van der Waals surface area contributed by atoms with E-state index in [2.05, 4.69) is 0 Å². The zero-order valence-electron chi connectivity index (χ0n) is 9.66. The Morgan fingerprint density at radius 1 is 1.47 bits per heavy atom. The molecule has 0 aromatic rings. The fourth-order valence-corrected chi connectivity index (χ4v) is 2.01. The summed E-state index contributed by atoms with van der Waals surface area (Å²) in [4.78, 5) is 13.6. The molecule has 2 aliphatic heterocycles. The number of hydrogen-bond donors (Lipinski definition) is 0. The van der Waals surface area contributed by atoms with Gasteiger partial charge in [0.25, 0.3) is 0 Å². The van der Waals surface area contributed by atoms with E-state index in [4.69, 9.17) is 9.47 Å². The van der Waals surface area contributed by atoms with E-state index >= 15 is 0 Å². The van der Waals surface area contributed by atoms with Crippen LogP contribution in [0.1, 0.15) is 27.2 Å². The fourth-order valence-electron chi connectivity index (χ4n) is 2.01. The Morgan fingerprint density at radius 3 is 2.67 bits per heavy atom. The Morgan fingerprint density at radius 2 is 2.20 bits per heavy atom. The molecule has 0 radical (unpaired) electrons. The minimum atomic E-state index is -0.399. The molecule has 2 aliphatic rings. The van der Waals surface area contributed by atoms with Crippen molar-refractivity contribution in [2.45, 2.75) is 38.9 Å². The number of amides is 1. The van der Waals surface area contributed by atoms with Crippen LogP contribution in [0.25, 0.3) is 0 Å². The average Bonchev–Trinajstić information content (AvgIpc) is 2.04. The number of carbonyl (C=O) groups excluding carboxylic acids is 1. The average molecular weight is 213 g/mol. The van der Waals surface area contributed by atoms with Crippen molar-refractivity contribution in [1.29, 1.82) is 0 Å². The third kappa shape index (κ3) is 2.43. The van der Waals surface area contributed by atoms with E-state index in [0.29, 0.717) is 12.0 Å². The van der Waals surface area contributed by atoms with Crippen LogP contribution in [0.2, 0.25) is 0 Å². The van der Waals surface area contributed by atoms with Gasteiger partial charge < -0.3 is 14.4 Å². The third-order valence-electron chi connectivity index (χ3n) is 2.84. The van der Waals surface area contributed by atoms with Gasteiger partial charge in [-0.15, -0.1) is 0 Å². The Kier molecular flexibility index (Phi) is 2.63. The molecule has 0 aromatic carbocycles. The van der Waals surface area contributed by atoms with Gasteiger partial charge in [0.05, 0.1) is 12.7 Å². The predicted molar refractivity (Wildman–Crippen MR) is 55.7 cm³/mol. The largest absolute Gasteiger partial charge is 0.444 e. The first-order valence-electron chi connectivity index (χ1n) is 5.55. The molecule has 1 amide bonds. The Hall–Kier alpha value is -0.770. The number of rotatable bonds is 0. The van der Waals surface area contributed by atoms with Crippen LogP contribution < -0.4 is 0 Å². The molecule has 0 saturated carbocycles. The molecule has 2 fully saturated rings. The molecule has 0 N–H and O–H groups in total. The number of ether oxygens (including phenoxy) is 2. The second kappa shape index (κ2) is 3.67. The first kappa shape index (κ1) is 10.7. The van der Waals surface area contributed by atoms with Crippen LogP contribution in [0.4, 0.5) is 4.79 Å². The van der Waals surface area contributed by atoms with E-state index in [1.54, 1.807) is 4.90 Å².